The van der Waals surface area contributed by atoms with E-state index in [1.165, 1.54) is 32.3 Å². The molecule has 0 saturated carbocycles. The molecule has 6 nitrogen and oxygen atoms in total. The predicted molar refractivity (Wildman–Crippen MR) is 99.3 cm³/mol. The standard InChI is InChI=1S/C20H24FNO5/c1-22(11-12-27-16-8-6-5-7-15(16)21)18(23)13-14-9-10-17(24-2)20(26-4)19(14)25-3/h5-10H,11-13H2,1-4H3. The Morgan fingerprint density at radius 3 is 2.30 bits per heavy atom. The molecular weight excluding hydrogens is 353 g/mol. The molecule has 0 heterocycles. The van der Waals surface area contributed by atoms with Crippen LogP contribution < -0.4 is 18.9 Å². The number of halogens is 1. The lowest BCUT2D eigenvalue weighted by atomic mass is 10.1. The van der Waals surface area contributed by atoms with Gasteiger partial charge in [0.2, 0.25) is 11.7 Å². The first-order valence-corrected chi connectivity index (χ1v) is 8.41. The van der Waals surface area contributed by atoms with Crippen molar-refractivity contribution in [3.05, 3.63) is 47.8 Å². The van der Waals surface area contributed by atoms with Gasteiger partial charge in [0.05, 0.1) is 34.3 Å². The van der Waals surface area contributed by atoms with Crippen molar-refractivity contribution in [1.82, 2.24) is 4.90 Å². The fourth-order valence-corrected chi connectivity index (χ4v) is 2.58. The number of amides is 1. The van der Waals surface area contributed by atoms with Crippen molar-refractivity contribution >= 4 is 5.91 Å². The van der Waals surface area contributed by atoms with Gasteiger partial charge in [-0.1, -0.05) is 18.2 Å². The molecule has 0 unspecified atom stereocenters. The fourth-order valence-electron chi connectivity index (χ4n) is 2.58. The smallest absolute Gasteiger partial charge is 0.226 e. The summed E-state index contributed by atoms with van der Waals surface area (Å²) in [4.78, 5) is 14.0. The van der Waals surface area contributed by atoms with Gasteiger partial charge in [-0.2, -0.15) is 0 Å². The maximum absolute atomic E-state index is 13.5. The zero-order valence-corrected chi connectivity index (χ0v) is 16.0. The summed E-state index contributed by atoms with van der Waals surface area (Å²) in [7, 11) is 6.22. The van der Waals surface area contributed by atoms with Crippen molar-refractivity contribution in [3.63, 3.8) is 0 Å². The normalized spacial score (nSPS) is 10.3. The highest BCUT2D eigenvalue weighted by Crippen LogP contribution is 2.39. The molecule has 0 radical (unpaired) electrons. The molecule has 0 aliphatic rings. The molecule has 0 saturated heterocycles. The minimum absolute atomic E-state index is 0.125. The summed E-state index contributed by atoms with van der Waals surface area (Å²) in [6.07, 6.45) is 0.125. The zero-order valence-electron chi connectivity index (χ0n) is 16.0. The lowest BCUT2D eigenvalue weighted by molar-refractivity contribution is -0.129. The number of carbonyl (C=O) groups is 1. The lowest BCUT2D eigenvalue weighted by Crippen LogP contribution is -2.32. The van der Waals surface area contributed by atoms with Gasteiger partial charge in [0.25, 0.3) is 0 Å². The molecule has 146 valence electrons. The van der Waals surface area contributed by atoms with Crippen molar-refractivity contribution in [2.45, 2.75) is 6.42 Å². The van der Waals surface area contributed by atoms with E-state index in [9.17, 15) is 9.18 Å². The number of likely N-dealkylation sites (N-methyl/N-ethyl adjacent to an activating group) is 1. The van der Waals surface area contributed by atoms with E-state index in [4.69, 9.17) is 18.9 Å². The first-order chi connectivity index (χ1) is 13.0. The Balaban J connectivity index is 1.99. The molecule has 0 aliphatic carbocycles. The second-order valence-electron chi connectivity index (χ2n) is 5.76. The fraction of sp³-hybridized carbons (Fsp3) is 0.350. The molecule has 27 heavy (non-hydrogen) atoms. The van der Waals surface area contributed by atoms with Crippen LogP contribution in [0.3, 0.4) is 0 Å². The van der Waals surface area contributed by atoms with Crippen LogP contribution in [-0.4, -0.2) is 52.3 Å². The van der Waals surface area contributed by atoms with E-state index in [1.807, 2.05) is 0 Å². The van der Waals surface area contributed by atoms with Crippen LogP contribution in [0.15, 0.2) is 36.4 Å². The van der Waals surface area contributed by atoms with Gasteiger partial charge in [0, 0.05) is 12.6 Å². The van der Waals surface area contributed by atoms with E-state index < -0.39 is 5.82 Å². The van der Waals surface area contributed by atoms with Gasteiger partial charge in [-0.3, -0.25) is 4.79 Å². The van der Waals surface area contributed by atoms with E-state index in [1.54, 1.807) is 37.4 Å². The number of rotatable bonds is 9. The summed E-state index contributed by atoms with van der Waals surface area (Å²) in [5, 5.41) is 0. The summed E-state index contributed by atoms with van der Waals surface area (Å²) in [5.74, 6) is 1.04. The number of hydrogen-bond acceptors (Lipinski definition) is 5. The van der Waals surface area contributed by atoms with Crippen LogP contribution in [0.2, 0.25) is 0 Å². The van der Waals surface area contributed by atoms with Crippen molar-refractivity contribution in [3.8, 4) is 23.0 Å². The van der Waals surface area contributed by atoms with Crippen molar-refractivity contribution in [2.24, 2.45) is 0 Å². The molecular formula is C20H24FNO5. The van der Waals surface area contributed by atoms with Crippen LogP contribution in [0, 0.1) is 5.82 Å². The summed E-state index contributed by atoms with van der Waals surface area (Å²) >= 11 is 0. The molecule has 1 amide bonds. The molecule has 0 bridgehead atoms. The molecule has 7 heteroatoms. The maximum atomic E-state index is 13.5. The van der Waals surface area contributed by atoms with E-state index >= 15 is 0 Å². The van der Waals surface area contributed by atoms with Gasteiger partial charge in [-0.25, -0.2) is 4.39 Å². The zero-order chi connectivity index (χ0) is 19.8. The number of nitrogens with zero attached hydrogens (tertiary/aromatic N) is 1. The molecule has 0 atom stereocenters. The average molecular weight is 377 g/mol. The third kappa shape index (κ3) is 5.03. The molecule has 2 rings (SSSR count). The van der Waals surface area contributed by atoms with Gasteiger partial charge >= 0.3 is 0 Å². The molecule has 2 aromatic rings. The largest absolute Gasteiger partial charge is 0.493 e. The van der Waals surface area contributed by atoms with Crippen LogP contribution >= 0.6 is 0 Å². The van der Waals surface area contributed by atoms with E-state index in [-0.39, 0.29) is 24.7 Å². The Labute approximate surface area is 158 Å². The quantitative estimate of drug-likeness (QED) is 0.673. The highest BCUT2D eigenvalue weighted by Gasteiger charge is 2.19. The minimum Gasteiger partial charge on any atom is -0.493 e. The number of hydrogen-bond donors (Lipinski definition) is 0. The van der Waals surface area contributed by atoms with Crippen LogP contribution in [0.1, 0.15) is 5.56 Å². The first-order valence-electron chi connectivity index (χ1n) is 8.41. The van der Waals surface area contributed by atoms with Crippen LogP contribution in [0.25, 0.3) is 0 Å². The number of ether oxygens (including phenoxy) is 4. The van der Waals surface area contributed by atoms with Crippen LogP contribution in [0.5, 0.6) is 23.0 Å². The Morgan fingerprint density at radius 2 is 1.67 bits per heavy atom. The van der Waals surface area contributed by atoms with Crippen molar-refractivity contribution in [1.29, 1.82) is 0 Å². The maximum Gasteiger partial charge on any atom is 0.226 e. The van der Waals surface area contributed by atoms with Crippen LogP contribution in [0.4, 0.5) is 4.39 Å². The third-order valence-electron chi connectivity index (χ3n) is 4.07. The van der Waals surface area contributed by atoms with Gasteiger partial charge in [-0.15, -0.1) is 0 Å². The monoisotopic (exact) mass is 377 g/mol. The molecule has 0 N–H and O–H groups in total. The van der Waals surface area contributed by atoms with Crippen molar-refractivity contribution < 1.29 is 28.1 Å². The van der Waals surface area contributed by atoms with Gasteiger partial charge < -0.3 is 23.8 Å². The summed E-state index contributed by atoms with van der Waals surface area (Å²) in [6.45, 7) is 0.509. The summed E-state index contributed by atoms with van der Waals surface area (Å²) in [5.41, 5.74) is 0.682. The Kier molecular flexibility index (Phi) is 7.28. The van der Waals surface area contributed by atoms with Gasteiger partial charge in [0.1, 0.15) is 6.61 Å². The topological polar surface area (TPSA) is 57.2 Å². The van der Waals surface area contributed by atoms with E-state index in [0.29, 0.717) is 29.4 Å². The average Bonchev–Trinajstić information content (AvgIpc) is 2.68. The summed E-state index contributed by atoms with van der Waals surface area (Å²) in [6, 6.07) is 9.65. The highest BCUT2D eigenvalue weighted by atomic mass is 19.1. The number of carbonyl (C=O) groups excluding carboxylic acids is 1. The lowest BCUT2D eigenvalue weighted by Gasteiger charge is -2.20. The predicted octanol–water partition coefficient (Wildman–Crippen LogP) is 2.93. The Bertz CT molecular complexity index is 781. The molecule has 0 aromatic heterocycles. The third-order valence-corrected chi connectivity index (χ3v) is 4.07. The molecule has 0 spiro atoms. The molecule has 2 aromatic carbocycles. The second kappa shape index (κ2) is 9.66. The molecule has 0 fully saturated rings. The van der Waals surface area contributed by atoms with E-state index in [0.717, 1.165) is 0 Å². The minimum atomic E-state index is -0.429. The Morgan fingerprint density at radius 1 is 0.963 bits per heavy atom. The SMILES string of the molecule is COc1ccc(CC(=O)N(C)CCOc2ccccc2F)c(OC)c1OC. The second-order valence-corrected chi connectivity index (χ2v) is 5.76. The molecule has 0 aliphatic heterocycles. The van der Waals surface area contributed by atoms with Gasteiger partial charge in [0.15, 0.2) is 23.1 Å². The van der Waals surface area contributed by atoms with Gasteiger partial charge in [-0.05, 0) is 18.2 Å². The summed E-state index contributed by atoms with van der Waals surface area (Å²) < 4.78 is 34.9. The number of benzene rings is 2. The Hall–Kier alpha value is -2.96. The van der Waals surface area contributed by atoms with Crippen LogP contribution in [-0.2, 0) is 11.2 Å². The number of para-hydroxylation sites is 1. The van der Waals surface area contributed by atoms with E-state index in [2.05, 4.69) is 0 Å². The number of methoxy groups -OCH3 is 3. The highest BCUT2D eigenvalue weighted by molar-refractivity contribution is 5.80. The van der Waals surface area contributed by atoms with Crippen molar-refractivity contribution in [2.75, 3.05) is 41.5 Å². The first kappa shape index (κ1) is 20.4.